The smallest absolute Gasteiger partial charge is 0.307 e. The van der Waals surface area contributed by atoms with Gasteiger partial charge in [0.25, 0.3) is 0 Å². The van der Waals surface area contributed by atoms with E-state index in [0.717, 1.165) is 17.0 Å². The first-order valence-electron chi connectivity index (χ1n) is 9.72. The molecule has 1 aliphatic heterocycles. The van der Waals surface area contributed by atoms with Crippen LogP contribution in [0, 0.1) is 24.4 Å². The summed E-state index contributed by atoms with van der Waals surface area (Å²) < 4.78 is 49.7. The van der Waals surface area contributed by atoms with Crippen LogP contribution in [0.2, 0.25) is 0 Å². The molecule has 0 saturated carbocycles. The Kier molecular flexibility index (Phi) is 4.36. The fraction of sp³-hybridized carbons (Fsp3) is 0.167. The predicted molar refractivity (Wildman–Crippen MR) is 110 cm³/mol. The van der Waals surface area contributed by atoms with Crippen molar-refractivity contribution in [2.24, 2.45) is 0 Å². The van der Waals surface area contributed by atoms with Crippen LogP contribution in [-0.2, 0) is 17.6 Å². The number of ether oxygens (including phenoxy) is 1. The van der Waals surface area contributed by atoms with Gasteiger partial charge in [-0.25, -0.2) is 13.2 Å². The standard InChI is InChI=1S/C24H16F3NO3/c1-11-15(10-19(29)30)21(16-8-13(25)9-17(26)22(16)23(11)27)14-2-3-18-20-12(5-7-31-18)4-6-28-24(14)20/h2-4,6,8-9H,5,7,10H2,1H3,(H,29,30). The number of rotatable bonds is 3. The third-order valence-corrected chi connectivity index (χ3v) is 5.79. The first-order chi connectivity index (χ1) is 14.9. The molecule has 0 unspecified atom stereocenters. The van der Waals surface area contributed by atoms with E-state index in [9.17, 15) is 18.7 Å². The molecule has 0 amide bonds. The number of hydrogen-bond acceptors (Lipinski definition) is 3. The summed E-state index contributed by atoms with van der Waals surface area (Å²) in [6, 6.07) is 6.94. The molecule has 0 saturated heterocycles. The van der Waals surface area contributed by atoms with E-state index in [4.69, 9.17) is 4.74 Å². The lowest BCUT2D eigenvalue weighted by Gasteiger charge is -2.22. The third-order valence-electron chi connectivity index (χ3n) is 5.79. The van der Waals surface area contributed by atoms with Crippen molar-refractivity contribution in [2.75, 3.05) is 6.61 Å². The highest BCUT2D eigenvalue weighted by molar-refractivity contribution is 6.08. The van der Waals surface area contributed by atoms with Crippen LogP contribution in [0.15, 0.2) is 36.5 Å². The van der Waals surface area contributed by atoms with Gasteiger partial charge >= 0.3 is 5.97 Å². The van der Waals surface area contributed by atoms with E-state index in [2.05, 4.69) is 4.98 Å². The van der Waals surface area contributed by atoms with Crippen LogP contribution in [0.4, 0.5) is 13.2 Å². The van der Waals surface area contributed by atoms with Crippen molar-refractivity contribution in [3.8, 4) is 16.9 Å². The Hall–Kier alpha value is -3.61. The van der Waals surface area contributed by atoms with Gasteiger partial charge in [0, 0.05) is 29.6 Å². The van der Waals surface area contributed by atoms with Crippen molar-refractivity contribution in [3.63, 3.8) is 0 Å². The molecule has 1 N–H and O–H groups in total. The molecule has 2 heterocycles. The molecule has 1 aliphatic rings. The quantitative estimate of drug-likeness (QED) is 0.483. The fourth-order valence-electron chi connectivity index (χ4n) is 4.45. The number of aromatic nitrogens is 1. The molecular weight excluding hydrogens is 407 g/mol. The largest absolute Gasteiger partial charge is 0.493 e. The van der Waals surface area contributed by atoms with Crippen LogP contribution in [0.1, 0.15) is 16.7 Å². The zero-order valence-corrected chi connectivity index (χ0v) is 16.4. The molecule has 7 heteroatoms. The summed E-state index contributed by atoms with van der Waals surface area (Å²) >= 11 is 0. The maximum Gasteiger partial charge on any atom is 0.307 e. The van der Waals surface area contributed by atoms with Crippen LogP contribution >= 0.6 is 0 Å². The lowest BCUT2D eigenvalue weighted by molar-refractivity contribution is -0.136. The van der Waals surface area contributed by atoms with Crippen LogP contribution in [0.5, 0.6) is 5.75 Å². The number of nitrogens with zero attached hydrogens (tertiary/aromatic N) is 1. The van der Waals surface area contributed by atoms with Gasteiger partial charge in [-0.1, -0.05) is 0 Å². The molecule has 0 bridgehead atoms. The molecule has 5 rings (SSSR count). The Labute approximate surface area is 174 Å². The lowest BCUT2D eigenvalue weighted by atomic mass is 9.86. The summed E-state index contributed by atoms with van der Waals surface area (Å²) in [6.07, 6.45) is 1.79. The molecular formula is C24H16F3NO3. The molecule has 0 atom stereocenters. The molecule has 31 heavy (non-hydrogen) atoms. The van der Waals surface area contributed by atoms with Gasteiger partial charge < -0.3 is 9.84 Å². The minimum atomic E-state index is -1.18. The monoisotopic (exact) mass is 423 g/mol. The average Bonchev–Trinajstić information content (AvgIpc) is 2.72. The molecule has 0 aliphatic carbocycles. The molecule has 0 fully saturated rings. The molecule has 0 spiro atoms. The molecule has 3 aromatic carbocycles. The maximum atomic E-state index is 15.1. The number of hydrogen-bond donors (Lipinski definition) is 1. The van der Waals surface area contributed by atoms with E-state index in [0.29, 0.717) is 35.9 Å². The van der Waals surface area contributed by atoms with Crippen LogP contribution in [-0.4, -0.2) is 22.7 Å². The summed E-state index contributed by atoms with van der Waals surface area (Å²) in [4.78, 5) is 16.1. The Bertz CT molecular complexity index is 1410. The first-order valence-corrected chi connectivity index (χ1v) is 9.72. The normalized spacial score (nSPS) is 12.9. The minimum Gasteiger partial charge on any atom is -0.493 e. The second kappa shape index (κ2) is 6.97. The van der Waals surface area contributed by atoms with Crippen molar-refractivity contribution >= 4 is 27.6 Å². The van der Waals surface area contributed by atoms with Gasteiger partial charge in [0.05, 0.1) is 23.9 Å². The van der Waals surface area contributed by atoms with Crippen molar-refractivity contribution < 1.29 is 27.8 Å². The Balaban J connectivity index is 1.99. The predicted octanol–water partition coefficient (Wildman–Crippen LogP) is 5.34. The number of pyridine rings is 1. The molecule has 156 valence electrons. The summed E-state index contributed by atoms with van der Waals surface area (Å²) in [6.45, 7) is 1.92. The van der Waals surface area contributed by atoms with E-state index in [1.165, 1.54) is 6.92 Å². The van der Waals surface area contributed by atoms with Gasteiger partial charge in [-0.2, -0.15) is 0 Å². The highest BCUT2D eigenvalue weighted by Crippen LogP contribution is 2.43. The van der Waals surface area contributed by atoms with Crippen LogP contribution in [0.25, 0.3) is 32.8 Å². The fourth-order valence-corrected chi connectivity index (χ4v) is 4.45. The summed E-state index contributed by atoms with van der Waals surface area (Å²) in [5, 5.41) is 9.83. The molecule has 0 radical (unpaired) electrons. The summed E-state index contributed by atoms with van der Waals surface area (Å²) in [5.41, 5.74) is 2.41. The Morgan fingerprint density at radius 2 is 1.97 bits per heavy atom. The van der Waals surface area contributed by atoms with Crippen molar-refractivity contribution in [1.29, 1.82) is 0 Å². The average molecular weight is 423 g/mol. The number of halogens is 3. The second-order valence-electron chi connectivity index (χ2n) is 7.58. The zero-order chi connectivity index (χ0) is 21.9. The summed E-state index contributed by atoms with van der Waals surface area (Å²) in [7, 11) is 0. The van der Waals surface area contributed by atoms with Gasteiger partial charge in [0.1, 0.15) is 23.2 Å². The highest BCUT2D eigenvalue weighted by Gasteiger charge is 2.26. The summed E-state index contributed by atoms with van der Waals surface area (Å²) in [5.74, 6) is -3.37. The third kappa shape index (κ3) is 2.91. The molecule has 1 aromatic heterocycles. The second-order valence-corrected chi connectivity index (χ2v) is 7.58. The van der Waals surface area contributed by atoms with Gasteiger partial charge in [0.15, 0.2) is 0 Å². The van der Waals surface area contributed by atoms with Crippen LogP contribution in [0.3, 0.4) is 0 Å². The van der Waals surface area contributed by atoms with Crippen molar-refractivity contribution in [1.82, 2.24) is 4.98 Å². The van der Waals surface area contributed by atoms with Gasteiger partial charge in [-0.05, 0) is 58.8 Å². The van der Waals surface area contributed by atoms with E-state index >= 15 is 4.39 Å². The maximum absolute atomic E-state index is 15.1. The number of aliphatic carboxylic acids is 1. The van der Waals surface area contributed by atoms with Crippen LogP contribution < -0.4 is 4.74 Å². The van der Waals surface area contributed by atoms with E-state index in [-0.39, 0.29) is 27.5 Å². The lowest BCUT2D eigenvalue weighted by Crippen LogP contribution is -2.10. The number of fused-ring (bicyclic) bond motifs is 1. The highest BCUT2D eigenvalue weighted by atomic mass is 19.1. The van der Waals surface area contributed by atoms with Gasteiger partial charge in [0.2, 0.25) is 0 Å². The molecule has 4 aromatic rings. The topological polar surface area (TPSA) is 59.4 Å². The minimum absolute atomic E-state index is 0.00661. The number of benzene rings is 3. The first kappa shape index (κ1) is 19.4. The van der Waals surface area contributed by atoms with Crippen molar-refractivity contribution in [3.05, 3.63) is 70.7 Å². The number of carbonyl (C=O) groups is 1. The van der Waals surface area contributed by atoms with Crippen molar-refractivity contribution in [2.45, 2.75) is 19.8 Å². The Morgan fingerprint density at radius 1 is 1.16 bits per heavy atom. The van der Waals surface area contributed by atoms with E-state index in [1.807, 2.05) is 6.07 Å². The molecule has 4 nitrogen and oxygen atoms in total. The zero-order valence-electron chi connectivity index (χ0n) is 16.4. The van der Waals surface area contributed by atoms with Gasteiger partial charge in [-0.3, -0.25) is 9.78 Å². The number of carboxylic acid groups (broad SMARTS) is 1. The number of carboxylic acids is 1. The SMILES string of the molecule is Cc1c(CC(=O)O)c(-c2ccc3c4c(ccnc24)CCO3)c2cc(F)cc(F)c2c1F. The van der Waals surface area contributed by atoms with Gasteiger partial charge in [-0.15, -0.1) is 0 Å². The van der Waals surface area contributed by atoms with E-state index < -0.39 is 29.8 Å². The van der Waals surface area contributed by atoms with E-state index in [1.54, 1.807) is 18.3 Å². The Morgan fingerprint density at radius 3 is 2.74 bits per heavy atom.